The summed E-state index contributed by atoms with van der Waals surface area (Å²) < 4.78 is 0. The van der Waals surface area contributed by atoms with Crippen molar-refractivity contribution in [3.63, 3.8) is 0 Å². The van der Waals surface area contributed by atoms with Crippen LogP contribution in [0.3, 0.4) is 0 Å². The Balaban J connectivity index is 2.32. The van der Waals surface area contributed by atoms with Gasteiger partial charge in [-0.05, 0) is 37.5 Å². The van der Waals surface area contributed by atoms with Crippen molar-refractivity contribution in [3.05, 3.63) is 35.0 Å². The van der Waals surface area contributed by atoms with Gasteiger partial charge in [0.25, 0.3) is 0 Å². The van der Waals surface area contributed by atoms with Crippen molar-refractivity contribution < 1.29 is 5.11 Å². The monoisotopic (exact) mass is 303 g/mol. The summed E-state index contributed by atoms with van der Waals surface area (Å²) in [5, 5.41) is 23.4. The van der Waals surface area contributed by atoms with E-state index in [0.717, 1.165) is 16.6 Å². The second-order valence-corrected chi connectivity index (χ2v) is 5.83. The van der Waals surface area contributed by atoms with Crippen molar-refractivity contribution >= 4 is 28.2 Å². The minimum Gasteiger partial charge on any atom is -0.393 e. The van der Waals surface area contributed by atoms with Crippen LogP contribution in [0.2, 0.25) is 5.02 Å². The van der Waals surface area contributed by atoms with Crippen molar-refractivity contribution in [1.82, 2.24) is 4.98 Å². The van der Waals surface area contributed by atoms with Crippen molar-refractivity contribution in [2.45, 2.75) is 26.4 Å². The van der Waals surface area contributed by atoms with Gasteiger partial charge < -0.3 is 10.4 Å². The third-order valence-corrected chi connectivity index (χ3v) is 3.56. The summed E-state index contributed by atoms with van der Waals surface area (Å²) in [6.45, 7) is 4.51. The first kappa shape index (κ1) is 15.6. The second kappa shape index (κ2) is 6.75. The van der Waals surface area contributed by atoms with Crippen molar-refractivity contribution in [3.8, 4) is 6.07 Å². The van der Waals surface area contributed by atoms with E-state index >= 15 is 0 Å². The number of aromatic nitrogens is 1. The number of nitrogens with zero attached hydrogens (tertiary/aromatic N) is 2. The average Bonchev–Trinajstić information content (AvgIpc) is 2.43. The number of nitrogens with one attached hydrogen (secondary N) is 1. The third-order valence-electron chi connectivity index (χ3n) is 3.32. The lowest BCUT2D eigenvalue weighted by Gasteiger charge is -2.17. The van der Waals surface area contributed by atoms with E-state index in [2.05, 4.69) is 23.3 Å². The van der Waals surface area contributed by atoms with Gasteiger partial charge in [0, 0.05) is 23.2 Å². The van der Waals surface area contributed by atoms with E-state index in [0.29, 0.717) is 29.5 Å². The molecule has 2 atom stereocenters. The van der Waals surface area contributed by atoms with Crippen LogP contribution in [0.15, 0.2) is 24.4 Å². The topological polar surface area (TPSA) is 68.9 Å². The standard InChI is InChI=1S/C16H18ClN3O/c1-10(5-11(2)21)8-20-16-12(7-18)9-19-15-4-3-13(17)6-14(15)16/h3-4,6,9-11,21H,5,8H2,1-2H3,(H,19,20)/t10-,11-/m1/s1. The lowest BCUT2D eigenvalue weighted by molar-refractivity contribution is 0.166. The molecule has 0 unspecified atom stereocenters. The molecule has 0 aliphatic rings. The van der Waals surface area contributed by atoms with Gasteiger partial charge in [0.2, 0.25) is 0 Å². The Kier molecular flexibility index (Phi) is 5.00. The van der Waals surface area contributed by atoms with Crippen molar-refractivity contribution in [2.24, 2.45) is 5.92 Å². The number of pyridine rings is 1. The Labute approximate surface area is 129 Å². The molecule has 2 rings (SSSR count). The molecular formula is C16H18ClN3O. The maximum absolute atomic E-state index is 9.42. The summed E-state index contributed by atoms with van der Waals surface area (Å²) in [6.07, 6.45) is 1.94. The minimum atomic E-state index is -0.333. The summed E-state index contributed by atoms with van der Waals surface area (Å²) in [4.78, 5) is 4.27. The first-order valence-electron chi connectivity index (χ1n) is 6.91. The highest BCUT2D eigenvalue weighted by atomic mass is 35.5. The largest absolute Gasteiger partial charge is 0.393 e. The fraction of sp³-hybridized carbons (Fsp3) is 0.375. The van der Waals surface area contributed by atoms with Gasteiger partial charge in [-0.25, -0.2) is 0 Å². The van der Waals surface area contributed by atoms with Crippen LogP contribution in [0.5, 0.6) is 0 Å². The lowest BCUT2D eigenvalue weighted by atomic mass is 10.0. The van der Waals surface area contributed by atoms with Crippen LogP contribution in [0.4, 0.5) is 5.69 Å². The predicted octanol–water partition coefficient (Wildman–Crippen LogP) is 3.58. The third kappa shape index (κ3) is 3.84. The molecule has 1 heterocycles. The smallest absolute Gasteiger partial charge is 0.103 e. The van der Waals surface area contributed by atoms with Crippen LogP contribution in [-0.4, -0.2) is 22.7 Å². The zero-order valence-electron chi connectivity index (χ0n) is 12.1. The Morgan fingerprint density at radius 1 is 1.43 bits per heavy atom. The molecule has 0 saturated carbocycles. The molecule has 0 saturated heterocycles. The second-order valence-electron chi connectivity index (χ2n) is 5.39. The lowest BCUT2D eigenvalue weighted by Crippen LogP contribution is -2.17. The van der Waals surface area contributed by atoms with E-state index in [1.807, 2.05) is 12.1 Å². The normalized spacial score (nSPS) is 13.7. The molecule has 4 nitrogen and oxygen atoms in total. The number of rotatable bonds is 5. The summed E-state index contributed by atoms with van der Waals surface area (Å²) >= 11 is 6.05. The average molecular weight is 304 g/mol. The maximum Gasteiger partial charge on any atom is 0.103 e. The molecule has 1 aromatic heterocycles. The number of anilines is 1. The number of aliphatic hydroxyl groups is 1. The quantitative estimate of drug-likeness (QED) is 0.886. The van der Waals surface area contributed by atoms with Crippen molar-refractivity contribution in [1.29, 1.82) is 5.26 Å². The molecule has 0 amide bonds. The Bertz CT molecular complexity index is 679. The van der Waals surface area contributed by atoms with Gasteiger partial charge in [0.05, 0.1) is 22.9 Å². The van der Waals surface area contributed by atoms with Gasteiger partial charge in [-0.15, -0.1) is 0 Å². The number of fused-ring (bicyclic) bond motifs is 1. The molecule has 0 radical (unpaired) electrons. The van der Waals surface area contributed by atoms with E-state index in [9.17, 15) is 10.4 Å². The number of hydrogen-bond acceptors (Lipinski definition) is 4. The predicted molar refractivity (Wildman–Crippen MR) is 85.4 cm³/mol. The highest BCUT2D eigenvalue weighted by Gasteiger charge is 2.11. The molecule has 0 fully saturated rings. The summed E-state index contributed by atoms with van der Waals surface area (Å²) in [6, 6.07) is 7.58. The van der Waals surface area contributed by atoms with Gasteiger partial charge >= 0.3 is 0 Å². The number of aliphatic hydroxyl groups excluding tert-OH is 1. The van der Waals surface area contributed by atoms with Crippen LogP contribution in [0.1, 0.15) is 25.8 Å². The van der Waals surface area contributed by atoms with E-state index < -0.39 is 0 Å². The molecule has 2 N–H and O–H groups in total. The Morgan fingerprint density at radius 2 is 2.19 bits per heavy atom. The van der Waals surface area contributed by atoms with Gasteiger partial charge in [-0.1, -0.05) is 18.5 Å². The van der Waals surface area contributed by atoms with E-state index in [4.69, 9.17) is 11.6 Å². The van der Waals surface area contributed by atoms with Gasteiger partial charge in [-0.3, -0.25) is 4.98 Å². The summed E-state index contributed by atoms with van der Waals surface area (Å²) in [5.74, 6) is 0.291. The van der Waals surface area contributed by atoms with Crippen LogP contribution >= 0.6 is 11.6 Å². The molecule has 21 heavy (non-hydrogen) atoms. The molecule has 0 bridgehead atoms. The molecule has 0 spiro atoms. The van der Waals surface area contributed by atoms with E-state index in [1.165, 1.54) is 0 Å². The van der Waals surface area contributed by atoms with E-state index in [1.54, 1.807) is 19.2 Å². The molecular weight excluding hydrogens is 286 g/mol. The zero-order chi connectivity index (χ0) is 15.4. The van der Waals surface area contributed by atoms with E-state index in [-0.39, 0.29) is 6.10 Å². The minimum absolute atomic E-state index is 0.291. The molecule has 2 aromatic rings. The molecule has 5 heteroatoms. The summed E-state index contributed by atoms with van der Waals surface area (Å²) in [7, 11) is 0. The Morgan fingerprint density at radius 3 is 2.86 bits per heavy atom. The van der Waals surface area contributed by atoms with Gasteiger partial charge in [0.1, 0.15) is 6.07 Å². The molecule has 0 aliphatic heterocycles. The van der Waals surface area contributed by atoms with Gasteiger partial charge in [0.15, 0.2) is 0 Å². The first-order valence-corrected chi connectivity index (χ1v) is 7.29. The highest BCUT2D eigenvalue weighted by Crippen LogP contribution is 2.28. The fourth-order valence-electron chi connectivity index (χ4n) is 2.38. The number of halogens is 1. The maximum atomic E-state index is 9.42. The Hall–Kier alpha value is -1.83. The molecule has 1 aromatic carbocycles. The number of benzene rings is 1. The number of nitriles is 1. The SMILES string of the molecule is C[C@@H](CNc1c(C#N)cnc2ccc(Cl)cc12)C[C@@H](C)O. The van der Waals surface area contributed by atoms with Crippen molar-refractivity contribution in [2.75, 3.05) is 11.9 Å². The molecule has 0 aliphatic carbocycles. The zero-order valence-corrected chi connectivity index (χ0v) is 12.9. The molecule has 110 valence electrons. The fourth-order valence-corrected chi connectivity index (χ4v) is 2.55. The first-order chi connectivity index (χ1) is 10.0. The van der Waals surface area contributed by atoms with Crippen LogP contribution in [-0.2, 0) is 0 Å². The number of hydrogen-bond donors (Lipinski definition) is 2. The van der Waals surface area contributed by atoms with Crippen LogP contribution in [0, 0.1) is 17.2 Å². The highest BCUT2D eigenvalue weighted by molar-refractivity contribution is 6.31. The van der Waals surface area contributed by atoms with Gasteiger partial charge in [-0.2, -0.15) is 5.26 Å². The summed E-state index contributed by atoms with van der Waals surface area (Å²) in [5.41, 5.74) is 2.04. The van der Waals surface area contributed by atoms with Crippen LogP contribution < -0.4 is 5.32 Å². The van der Waals surface area contributed by atoms with Crippen LogP contribution in [0.25, 0.3) is 10.9 Å².